The van der Waals surface area contributed by atoms with Crippen LogP contribution in [0.3, 0.4) is 0 Å². The molecular formula is C24H28N2O6. The van der Waals surface area contributed by atoms with E-state index in [1.54, 1.807) is 62.4 Å². The lowest BCUT2D eigenvalue weighted by Gasteiger charge is -2.26. The Bertz CT molecular complexity index is 877. The maximum Gasteiger partial charge on any atom is 0.312 e. The molecule has 0 bridgehead atoms. The molecule has 0 heterocycles. The Kier molecular flexibility index (Phi) is 9.41. The lowest BCUT2D eigenvalue weighted by molar-refractivity contribution is -0.157. The fourth-order valence-corrected chi connectivity index (χ4v) is 3.38. The van der Waals surface area contributed by atoms with Crippen LogP contribution in [-0.2, 0) is 28.7 Å². The molecule has 8 heteroatoms. The Labute approximate surface area is 187 Å². The van der Waals surface area contributed by atoms with Gasteiger partial charge >= 0.3 is 11.9 Å². The molecule has 2 rings (SSSR count). The Hall–Kier alpha value is -3.68. The topological polar surface area (TPSA) is 125 Å². The van der Waals surface area contributed by atoms with Gasteiger partial charge in [0.25, 0.3) is 0 Å². The number of amides is 2. The molecule has 0 saturated carbocycles. The van der Waals surface area contributed by atoms with E-state index in [-0.39, 0.29) is 13.2 Å². The van der Waals surface area contributed by atoms with Crippen molar-refractivity contribution in [3.8, 4) is 0 Å². The van der Waals surface area contributed by atoms with Crippen LogP contribution in [0.4, 0.5) is 0 Å². The molecule has 2 aromatic rings. The quantitative estimate of drug-likeness (QED) is 0.515. The van der Waals surface area contributed by atoms with Crippen molar-refractivity contribution >= 4 is 23.8 Å². The van der Waals surface area contributed by atoms with E-state index in [0.717, 1.165) is 0 Å². The number of rotatable bonds is 11. The minimum atomic E-state index is -1.46. The van der Waals surface area contributed by atoms with Crippen molar-refractivity contribution in [2.75, 3.05) is 13.2 Å². The van der Waals surface area contributed by atoms with E-state index < -0.39 is 48.1 Å². The van der Waals surface area contributed by atoms with Gasteiger partial charge in [-0.3, -0.25) is 19.2 Å². The van der Waals surface area contributed by atoms with Crippen molar-refractivity contribution in [2.24, 2.45) is 11.7 Å². The van der Waals surface area contributed by atoms with Gasteiger partial charge in [0.2, 0.25) is 11.8 Å². The first-order chi connectivity index (χ1) is 15.4. The second-order valence-electron chi connectivity index (χ2n) is 7.01. The summed E-state index contributed by atoms with van der Waals surface area (Å²) in [5, 5.41) is 2.58. The average molecular weight is 440 g/mol. The van der Waals surface area contributed by atoms with Crippen molar-refractivity contribution in [1.82, 2.24) is 5.32 Å². The van der Waals surface area contributed by atoms with Gasteiger partial charge in [0.05, 0.1) is 31.5 Å². The number of primary amides is 1. The van der Waals surface area contributed by atoms with Gasteiger partial charge in [-0.25, -0.2) is 0 Å². The molecule has 0 aromatic heterocycles. The van der Waals surface area contributed by atoms with E-state index in [1.807, 2.05) is 12.1 Å². The van der Waals surface area contributed by atoms with Gasteiger partial charge in [0.15, 0.2) is 0 Å². The van der Waals surface area contributed by atoms with E-state index in [1.165, 1.54) is 0 Å². The number of nitrogens with one attached hydrogen (secondary N) is 1. The van der Waals surface area contributed by atoms with Crippen LogP contribution in [0, 0.1) is 5.92 Å². The molecule has 0 aliphatic rings. The standard InChI is InChI=1S/C24H28N2O6/c1-3-31-19(27)15-18(24(30)32-4-2)21(22(25)28)26-23(29)20(16-11-7-5-8-12-16)17-13-9-6-10-14-17/h5-14,18,20-21H,3-4,15H2,1-2H3,(H2,25,28)(H,26,29)/t18-,21-/m0/s1. The highest BCUT2D eigenvalue weighted by Gasteiger charge is 2.38. The molecule has 0 radical (unpaired) electrons. The first kappa shape index (κ1) is 24.6. The number of ether oxygens (including phenoxy) is 2. The predicted molar refractivity (Wildman–Crippen MR) is 117 cm³/mol. The van der Waals surface area contributed by atoms with Crippen molar-refractivity contribution in [3.05, 3.63) is 71.8 Å². The molecule has 0 aliphatic heterocycles. The zero-order chi connectivity index (χ0) is 23.5. The highest BCUT2D eigenvalue weighted by Crippen LogP contribution is 2.25. The molecule has 0 spiro atoms. The summed E-state index contributed by atoms with van der Waals surface area (Å²) in [7, 11) is 0. The Morgan fingerprint density at radius 3 is 1.78 bits per heavy atom. The molecule has 0 saturated heterocycles. The Balaban J connectivity index is 2.38. The summed E-state index contributed by atoms with van der Waals surface area (Å²) in [4.78, 5) is 50.2. The maximum atomic E-state index is 13.4. The fraction of sp³-hybridized carbons (Fsp3) is 0.333. The maximum absolute atomic E-state index is 13.4. The normalized spacial score (nSPS) is 12.5. The number of hydrogen-bond acceptors (Lipinski definition) is 6. The summed E-state index contributed by atoms with van der Waals surface area (Å²) in [5.74, 6) is -5.09. The number of esters is 2. The van der Waals surface area contributed by atoms with E-state index >= 15 is 0 Å². The fourth-order valence-electron chi connectivity index (χ4n) is 3.38. The van der Waals surface area contributed by atoms with Gasteiger partial charge in [-0.1, -0.05) is 60.7 Å². The van der Waals surface area contributed by atoms with E-state index in [4.69, 9.17) is 15.2 Å². The van der Waals surface area contributed by atoms with Gasteiger partial charge in [-0.2, -0.15) is 0 Å². The number of carbonyl (C=O) groups excluding carboxylic acids is 4. The van der Waals surface area contributed by atoms with Crippen LogP contribution in [0.5, 0.6) is 0 Å². The molecule has 0 unspecified atom stereocenters. The SMILES string of the molecule is CCOC(=O)C[C@H](C(=O)OCC)[C@H](NC(=O)C(c1ccccc1)c1ccccc1)C(N)=O. The monoisotopic (exact) mass is 440 g/mol. The molecule has 32 heavy (non-hydrogen) atoms. The largest absolute Gasteiger partial charge is 0.466 e. The zero-order valence-corrected chi connectivity index (χ0v) is 18.2. The summed E-state index contributed by atoms with van der Waals surface area (Å²) in [6, 6.07) is 16.5. The van der Waals surface area contributed by atoms with Crippen LogP contribution in [-0.4, -0.2) is 43.0 Å². The lowest BCUT2D eigenvalue weighted by atomic mass is 9.89. The smallest absolute Gasteiger partial charge is 0.312 e. The van der Waals surface area contributed by atoms with Gasteiger partial charge in [-0.05, 0) is 25.0 Å². The summed E-state index contributed by atoms with van der Waals surface area (Å²) in [5.41, 5.74) is 6.92. The lowest BCUT2D eigenvalue weighted by Crippen LogP contribution is -2.53. The summed E-state index contributed by atoms with van der Waals surface area (Å²) in [6.07, 6.45) is -0.456. The third kappa shape index (κ3) is 6.66. The first-order valence-electron chi connectivity index (χ1n) is 10.4. The second kappa shape index (κ2) is 12.2. The predicted octanol–water partition coefficient (Wildman–Crippen LogP) is 1.92. The Morgan fingerprint density at radius 1 is 0.844 bits per heavy atom. The molecule has 0 fully saturated rings. The third-order valence-electron chi connectivity index (χ3n) is 4.82. The third-order valence-corrected chi connectivity index (χ3v) is 4.82. The van der Waals surface area contributed by atoms with Crippen molar-refractivity contribution in [2.45, 2.75) is 32.2 Å². The van der Waals surface area contributed by atoms with Crippen molar-refractivity contribution in [3.63, 3.8) is 0 Å². The molecule has 8 nitrogen and oxygen atoms in total. The minimum absolute atomic E-state index is 0.0360. The van der Waals surface area contributed by atoms with Crippen LogP contribution in [0.25, 0.3) is 0 Å². The van der Waals surface area contributed by atoms with Crippen molar-refractivity contribution in [1.29, 1.82) is 0 Å². The van der Waals surface area contributed by atoms with Gasteiger partial charge in [0.1, 0.15) is 6.04 Å². The number of carbonyl (C=O) groups is 4. The molecule has 2 amide bonds. The Morgan fingerprint density at radius 2 is 1.34 bits per heavy atom. The van der Waals surface area contributed by atoms with Crippen LogP contribution in [0.1, 0.15) is 37.3 Å². The average Bonchev–Trinajstić information content (AvgIpc) is 2.78. The molecule has 0 aliphatic carbocycles. The number of hydrogen-bond donors (Lipinski definition) is 2. The highest BCUT2D eigenvalue weighted by molar-refractivity contribution is 5.95. The molecule has 2 atom stereocenters. The van der Waals surface area contributed by atoms with E-state index in [0.29, 0.717) is 11.1 Å². The molecule has 3 N–H and O–H groups in total. The molecular weight excluding hydrogens is 412 g/mol. The van der Waals surface area contributed by atoms with Crippen LogP contribution < -0.4 is 11.1 Å². The molecule has 2 aromatic carbocycles. The van der Waals surface area contributed by atoms with E-state index in [2.05, 4.69) is 5.32 Å². The van der Waals surface area contributed by atoms with Crippen LogP contribution in [0.2, 0.25) is 0 Å². The summed E-state index contributed by atoms with van der Waals surface area (Å²) in [6.45, 7) is 3.35. The minimum Gasteiger partial charge on any atom is -0.466 e. The van der Waals surface area contributed by atoms with Gasteiger partial charge in [-0.15, -0.1) is 0 Å². The molecule has 170 valence electrons. The van der Waals surface area contributed by atoms with Gasteiger partial charge in [0, 0.05) is 0 Å². The first-order valence-corrected chi connectivity index (χ1v) is 10.4. The number of nitrogens with two attached hydrogens (primary N) is 1. The van der Waals surface area contributed by atoms with E-state index in [9.17, 15) is 19.2 Å². The summed E-state index contributed by atoms with van der Waals surface area (Å²) < 4.78 is 9.93. The highest BCUT2D eigenvalue weighted by atomic mass is 16.5. The van der Waals surface area contributed by atoms with Gasteiger partial charge < -0.3 is 20.5 Å². The van der Waals surface area contributed by atoms with Crippen LogP contribution in [0.15, 0.2) is 60.7 Å². The second-order valence-corrected chi connectivity index (χ2v) is 7.01. The van der Waals surface area contributed by atoms with Crippen molar-refractivity contribution < 1.29 is 28.7 Å². The summed E-state index contributed by atoms with van der Waals surface area (Å²) >= 11 is 0. The zero-order valence-electron chi connectivity index (χ0n) is 18.2. The number of benzene rings is 2. The van der Waals surface area contributed by atoms with Crippen LogP contribution >= 0.6 is 0 Å².